The number of aromatic nitrogens is 3. The molecule has 8 heteroatoms. The Bertz CT molecular complexity index is 618. The van der Waals surface area contributed by atoms with Gasteiger partial charge in [0.2, 0.25) is 5.95 Å². The predicted molar refractivity (Wildman–Crippen MR) is 81.3 cm³/mol. The van der Waals surface area contributed by atoms with E-state index < -0.39 is 0 Å². The molecule has 0 fully saturated rings. The molecule has 0 aliphatic heterocycles. The summed E-state index contributed by atoms with van der Waals surface area (Å²) in [5.74, 6) is 0.572. The van der Waals surface area contributed by atoms with Crippen molar-refractivity contribution in [1.29, 1.82) is 0 Å². The number of carbonyl (C=O) groups excluding carboxylic acids is 1. The summed E-state index contributed by atoms with van der Waals surface area (Å²) in [6.07, 6.45) is 1.53. The Hall–Kier alpha value is -2.74. The number of anilines is 3. The monoisotopic (exact) mass is 303 g/mol. The highest BCUT2D eigenvalue weighted by Crippen LogP contribution is 2.14. The van der Waals surface area contributed by atoms with Gasteiger partial charge in [-0.15, -0.1) is 5.10 Å². The van der Waals surface area contributed by atoms with Crippen molar-refractivity contribution in [3.63, 3.8) is 0 Å². The maximum Gasteiger partial charge on any atom is 0.337 e. The van der Waals surface area contributed by atoms with Crippen LogP contribution in [0.25, 0.3) is 0 Å². The van der Waals surface area contributed by atoms with Gasteiger partial charge >= 0.3 is 5.97 Å². The maximum atomic E-state index is 11.4. The average Bonchev–Trinajstić information content (AvgIpc) is 2.55. The van der Waals surface area contributed by atoms with E-state index in [1.54, 1.807) is 31.4 Å². The van der Waals surface area contributed by atoms with Gasteiger partial charge < -0.3 is 20.1 Å². The Morgan fingerprint density at radius 3 is 2.68 bits per heavy atom. The summed E-state index contributed by atoms with van der Waals surface area (Å²) in [4.78, 5) is 15.6. The number of rotatable bonds is 7. The highest BCUT2D eigenvalue weighted by Gasteiger charge is 2.05. The molecule has 1 aromatic heterocycles. The second kappa shape index (κ2) is 7.89. The molecule has 0 bridgehead atoms. The number of nitrogens with one attached hydrogen (secondary N) is 2. The molecule has 2 rings (SSSR count). The minimum absolute atomic E-state index is 0.355. The number of nitrogens with zero attached hydrogens (tertiary/aromatic N) is 3. The lowest BCUT2D eigenvalue weighted by molar-refractivity contribution is 0.0601. The number of hydrogen-bond acceptors (Lipinski definition) is 8. The van der Waals surface area contributed by atoms with Gasteiger partial charge in [0.25, 0.3) is 0 Å². The molecule has 0 radical (unpaired) electrons. The third-order valence-corrected chi connectivity index (χ3v) is 2.73. The summed E-state index contributed by atoms with van der Waals surface area (Å²) in [6, 6.07) is 6.78. The Morgan fingerprint density at radius 1 is 1.23 bits per heavy atom. The standard InChI is InChI=1S/C14H17N5O3/c1-21-8-7-15-12-9-16-19-14(18-12)17-11-5-3-10(4-6-11)13(20)22-2/h3-6,9H,7-8H2,1-2H3,(H2,15,17,18,19). The Kier molecular flexibility index (Phi) is 5.61. The van der Waals surface area contributed by atoms with Crippen LogP contribution in [0, 0.1) is 0 Å². The third kappa shape index (κ3) is 4.38. The molecule has 22 heavy (non-hydrogen) atoms. The lowest BCUT2D eigenvalue weighted by Crippen LogP contribution is -2.10. The number of esters is 1. The second-order valence-corrected chi connectivity index (χ2v) is 4.28. The second-order valence-electron chi connectivity index (χ2n) is 4.28. The highest BCUT2D eigenvalue weighted by atomic mass is 16.5. The minimum atomic E-state index is -0.381. The largest absolute Gasteiger partial charge is 0.465 e. The number of carbonyl (C=O) groups is 1. The minimum Gasteiger partial charge on any atom is -0.465 e. The molecule has 0 saturated carbocycles. The molecule has 0 aliphatic rings. The average molecular weight is 303 g/mol. The van der Waals surface area contributed by atoms with Crippen LogP contribution in [0.3, 0.4) is 0 Å². The molecular formula is C14H17N5O3. The van der Waals surface area contributed by atoms with E-state index in [-0.39, 0.29) is 5.97 Å². The van der Waals surface area contributed by atoms with E-state index >= 15 is 0 Å². The summed E-state index contributed by atoms with van der Waals surface area (Å²) in [7, 11) is 2.97. The van der Waals surface area contributed by atoms with E-state index in [0.29, 0.717) is 30.5 Å². The van der Waals surface area contributed by atoms with Gasteiger partial charge in [-0.3, -0.25) is 0 Å². The molecule has 0 unspecified atom stereocenters. The molecule has 0 spiro atoms. The number of methoxy groups -OCH3 is 2. The van der Waals surface area contributed by atoms with E-state index in [1.807, 2.05) is 0 Å². The van der Waals surface area contributed by atoms with Gasteiger partial charge in [0.1, 0.15) is 0 Å². The Balaban J connectivity index is 2.01. The van der Waals surface area contributed by atoms with Crippen molar-refractivity contribution in [2.75, 3.05) is 38.0 Å². The first-order valence-electron chi connectivity index (χ1n) is 6.61. The van der Waals surface area contributed by atoms with Crippen molar-refractivity contribution in [2.45, 2.75) is 0 Å². The summed E-state index contributed by atoms with van der Waals surface area (Å²) < 4.78 is 9.59. The maximum absolute atomic E-state index is 11.4. The van der Waals surface area contributed by atoms with Crippen molar-refractivity contribution in [3.8, 4) is 0 Å². The fourth-order valence-electron chi connectivity index (χ4n) is 1.66. The summed E-state index contributed by atoms with van der Waals surface area (Å²) >= 11 is 0. The first kappa shape index (κ1) is 15.6. The normalized spacial score (nSPS) is 10.1. The van der Waals surface area contributed by atoms with Crippen LogP contribution in [-0.4, -0.2) is 48.5 Å². The Labute approximate surface area is 127 Å². The molecule has 0 amide bonds. The fraction of sp³-hybridized carbons (Fsp3) is 0.286. The molecule has 1 heterocycles. The molecule has 0 atom stereocenters. The van der Waals surface area contributed by atoms with Crippen LogP contribution in [-0.2, 0) is 9.47 Å². The fourth-order valence-corrected chi connectivity index (χ4v) is 1.66. The highest BCUT2D eigenvalue weighted by molar-refractivity contribution is 5.89. The van der Waals surface area contributed by atoms with E-state index in [4.69, 9.17) is 4.74 Å². The van der Waals surface area contributed by atoms with Crippen LogP contribution >= 0.6 is 0 Å². The lowest BCUT2D eigenvalue weighted by Gasteiger charge is -2.07. The number of benzene rings is 1. The van der Waals surface area contributed by atoms with Gasteiger partial charge in [0.05, 0.1) is 25.5 Å². The van der Waals surface area contributed by atoms with E-state index in [1.165, 1.54) is 13.3 Å². The molecule has 2 N–H and O–H groups in total. The van der Waals surface area contributed by atoms with Gasteiger partial charge in [0, 0.05) is 19.3 Å². The van der Waals surface area contributed by atoms with Crippen molar-refractivity contribution in [3.05, 3.63) is 36.0 Å². The van der Waals surface area contributed by atoms with Gasteiger partial charge in [-0.25, -0.2) is 4.79 Å². The SMILES string of the molecule is COCCNc1cnnc(Nc2ccc(C(=O)OC)cc2)n1. The molecule has 0 aliphatic carbocycles. The zero-order valence-electron chi connectivity index (χ0n) is 12.4. The summed E-state index contributed by atoms with van der Waals surface area (Å²) in [6.45, 7) is 1.20. The van der Waals surface area contributed by atoms with E-state index in [0.717, 1.165) is 5.69 Å². The molecule has 116 valence electrons. The topological polar surface area (TPSA) is 98.3 Å². The van der Waals surface area contributed by atoms with E-state index in [2.05, 4.69) is 30.6 Å². The first-order valence-corrected chi connectivity index (χ1v) is 6.61. The summed E-state index contributed by atoms with van der Waals surface area (Å²) in [5, 5.41) is 13.8. The molecule has 8 nitrogen and oxygen atoms in total. The number of ether oxygens (including phenoxy) is 2. The molecular weight excluding hydrogens is 286 g/mol. The Morgan fingerprint density at radius 2 is 2.00 bits per heavy atom. The van der Waals surface area contributed by atoms with Crippen LogP contribution in [0.1, 0.15) is 10.4 Å². The van der Waals surface area contributed by atoms with Crippen LogP contribution in [0.15, 0.2) is 30.5 Å². The first-order chi connectivity index (χ1) is 10.7. The van der Waals surface area contributed by atoms with Gasteiger partial charge in [-0.1, -0.05) is 0 Å². The van der Waals surface area contributed by atoms with Crippen LogP contribution in [0.4, 0.5) is 17.5 Å². The summed E-state index contributed by atoms with van der Waals surface area (Å²) in [5.41, 5.74) is 1.21. The van der Waals surface area contributed by atoms with Crippen LogP contribution in [0.5, 0.6) is 0 Å². The van der Waals surface area contributed by atoms with E-state index in [9.17, 15) is 4.79 Å². The van der Waals surface area contributed by atoms with Crippen LogP contribution < -0.4 is 10.6 Å². The lowest BCUT2D eigenvalue weighted by atomic mass is 10.2. The third-order valence-electron chi connectivity index (χ3n) is 2.73. The van der Waals surface area contributed by atoms with Gasteiger partial charge in [0.15, 0.2) is 5.82 Å². The zero-order valence-corrected chi connectivity index (χ0v) is 12.4. The quantitative estimate of drug-likeness (QED) is 0.586. The van der Waals surface area contributed by atoms with Crippen LogP contribution in [0.2, 0.25) is 0 Å². The molecule has 0 saturated heterocycles. The van der Waals surface area contributed by atoms with Crippen molar-refractivity contribution in [1.82, 2.24) is 15.2 Å². The zero-order chi connectivity index (χ0) is 15.8. The molecule has 1 aromatic carbocycles. The van der Waals surface area contributed by atoms with Crippen molar-refractivity contribution in [2.24, 2.45) is 0 Å². The smallest absolute Gasteiger partial charge is 0.337 e. The van der Waals surface area contributed by atoms with Gasteiger partial charge in [-0.2, -0.15) is 10.1 Å². The van der Waals surface area contributed by atoms with Crippen molar-refractivity contribution < 1.29 is 14.3 Å². The predicted octanol–water partition coefficient (Wildman–Crippen LogP) is 1.46. The number of hydrogen-bond donors (Lipinski definition) is 2. The molecule has 2 aromatic rings. The van der Waals surface area contributed by atoms with Crippen molar-refractivity contribution >= 4 is 23.4 Å². The van der Waals surface area contributed by atoms with Gasteiger partial charge in [-0.05, 0) is 24.3 Å².